The Morgan fingerprint density at radius 1 is 1.29 bits per heavy atom. The molecule has 0 amide bonds. The molecule has 2 N–H and O–H groups in total. The fourth-order valence-corrected chi connectivity index (χ4v) is 3.57. The monoisotopic (exact) mass is 348 g/mol. The number of rotatable bonds is 3. The third kappa shape index (κ3) is 3.82. The summed E-state index contributed by atoms with van der Waals surface area (Å²) in [6, 6.07) is 9.13. The molecular weight excluding hydrogens is 320 g/mol. The van der Waals surface area contributed by atoms with E-state index in [9.17, 15) is 0 Å². The molecule has 3 rings (SSSR count). The zero-order chi connectivity index (χ0) is 16.6. The molecule has 1 aromatic carbocycles. The first-order valence-corrected chi connectivity index (χ1v) is 8.43. The zero-order valence-electron chi connectivity index (χ0n) is 15.1. The lowest BCUT2D eigenvalue weighted by molar-refractivity contribution is 0.0900. The van der Waals surface area contributed by atoms with E-state index in [1.807, 2.05) is 17.9 Å². The van der Waals surface area contributed by atoms with Gasteiger partial charge in [0.2, 0.25) is 0 Å². The molecule has 0 saturated carbocycles. The van der Waals surface area contributed by atoms with Crippen molar-refractivity contribution in [1.29, 1.82) is 0 Å². The average molecular weight is 349 g/mol. The summed E-state index contributed by atoms with van der Waals surface area (Å²) in [5, 5.41) is 4.33. The van der Waals surface area contributed by atoms with E-state index < -0.39 is 0 Å². The van der Waals surface area contributed by atoms with Gasteiger partial charge in [0.1, 0.15) is 0 Å². The molecular formula is C19H29ClN4. The summed E-state index contributed by atoms with van der Waals surface area (Å²) in [6.45, 7) is 9.79. The minimum atomic E-state index is 0. The highest BCUT2D eigenvalue weighted by Gasteiger charge is 2.33. The van der Waals surface area contributed by atoms with Gasteiger partial charge >= 0.3 is 0 Å². The first kappa shape index (κ1) is 19.0. The van der Waals surface area contributed by atoms with Crippen LogP contribution in [0, 0.1) is 12.3 Å². The van der Waals surface area contributed by atoms with Gasteiger partial charge in [-0.05, 0) is 36.5 Å². The van der Waals surface area contributed by atoms with Gasteiger partial charge in [0, 0.05) is 44.5 Å². The number of aromatic nitrogens is 2. The standard InChI is InChI=1S/C19H28N4.ClH/c1-14-5-6-15(16(11-14)17-7-9-21-22(17)4)12-23-10-8-18(20)19(2,3)13-23;/h5-7,9,11,18H,8,10,12-13,20H2,1-4H3;1H. The zero-order valence-corrected chi connectivity index (χ0v) is 15.9. The maximum absolute atomic E-state index is 6.28. The van der Waals surface area contributed by atoms with Crippen molar-refractivity contribution in [3.63, 3.8) is 0 Å². The highest BCUT2D eigenvalue weighted by atomic mass is 35.5. The second-order valence-electron chi connectivity index (χ2n) is 7.60. The molecule has 1 atom stereocenters. The number of halogens is 1. The number of benzene rings is 1. The lowest BCUT2D eigenvalue weighted by Crippen LogP contribution is -2.52. The number of nitrogens with zero attached hydrogens (tertiary/aromatic N) is 3. The van der Waals surface area contributed by atoms with E-state index in [0.29, 0.717) is 6.04 Å². The van der Waals surface area contributed by atoms with Crippen LogP contribution in [0.3, 0.4) is 0 Å². The van der Waals surface area contributed by atoms with Crippen molar-refractivity contribution in [2.24, 2.45) is 18.2 Å². The van der Waals surface area contributed by atoms with Crippen molar-refractivity contribution in [3.05, 3.63) is 41.6 Å². The fourth-order valence-electron chi connectivity index (χ4n) is 3.57. The Kier molecular flexibility index (Phi) is 5.74. The number of piperidine rings is 1. The Morgan fingerprint density at radius 2 is 2.04 bits per heavy atom. The maximum Gasteiger partial charge on any atom is 0.0682 e. The first-order valence-electron chi connectivity index (χ1n) is 8.43. The molecule has 2 aromatic rings. The van der Waals surface area contributed by atoms with E-state index >= 15 is 0 Å². The van der Waals surface area contributed by atoms with Gasteiger partial charge in [0.05, 0.1) is 5.69 Å². The molecule has 1 unspecified atom stereocenters. The van der Waals surface area contributed by atoms with Crippen LogP contribution < -0.4 is 5.73 Å². The SMILES string of the molecule is Cc1ccc(CN2CCC(N)C(C)(C)C2)c(-c2ccnn2C)c1.Cl. The predicted octanol–water partition coefficient (Wildman–Crippen LogP) is 3.38. The lowest BCUT2D eigenvalue weighted by Gasteiger charge is -2.42. The Labute approximate surface area is 151 Å². The Bertz CT molecular complexity index is 692. The minimum Gasteiger partial charge on any atom is -0.327 e. The predicted molar refractivity (Wildman–Crippen MR) is 102 cm³/mol. The Morgan fingerprint density at radius 3 is 2.67 bits per heavy atom. The second-order valence-corrected chi connectivity index (χ2v) is 7.60. The van der Waals surface area contributed by atoms with E-state index in [0.717, 1.165) is 26.1 Å². The van der Waals surface area contributed by atoms with Crippen LogP contribution in [0.4, 0.5) is 0 Å². The normalized spacial score (nSPS) is 20.6. The van der Waals surface area contributed by atoms with Crippen molar-refractivity contribution >= 4 is 12.4 Å². The average Bonchev–Trinajstić information content (AvgIpc) is 2.90. The van der Waals surface area contributed by atoms with Gasteiger partial charge in [-0.25, -0.2) is 0 Å². The van der Waals surface area contributed by atoms with E-state index in [2.05, 4.69) is 55.0 Å². The highest BCUT2D eigenvalue weighted by molar-refractivity contribution is 5.85. The molecule has 0 radical (unpaired) electrons. The Hall–Kier alpha value is -1.36. The quantitative estimate of drug-likeness (QED) is 0.925. The summed E-state index contributed by atoms with van der Waals surface area (Å²) in [4.78, 5) is 2.54. The molecule has 1 aromatic heterocycles. The van der Waals surface area contributed by atoms with Gasteiger partial charge in [-0.15, -0.1) is 12.4 Å². The summed E-state index contributed by atoms with van der Waals surface area (Å²) in [7, 11) is 2.00. The van der Waals surface area contributed by atoms with Crippen molar-refractivity contribution in [2.45, 2.75) is 39.8 Å². The fraction of sp³-hybridized carbons (Fsp3) is 0.526. The van der Waals surface area contributed by atoms with Crippen molar-refractivity contribution in [1.82, 2.24) is 14.7 Å². The molecule has 0 spiro atoms. The van der Waals surface area contributed by atoms with Crippen molar-refractivity contribution in [3.8, 4) is 11.3 Å². The van der Waals surface area contributed by atoms with Gasteiger partial charge in [-0.2, -0.15) is 5.10 Å². The number of hydrogen-bond donors (Lipinski definition) is 1. The molecule has 2 heterocycles. The maximum atomic E-state index is 6.28. The minimum absolute atomic E-state index is 0. The number of nitrogens with two attached hydrogens (primary N) is 1. The molecule has 1 fully saturated rings. The van der Waals surface area contributed by atoms with Crippen LogP contribution in [0.15, 0.2) is 30.5 Å². The molecule has 4 nitrogen and oxygen atoms in total. The lowest BCUT2D eigenvalue weighted by atomic mass is 9.79. The smallest absolute Gasteiger partial charge is 0.0682 e. The summed E-state index contributed by atoms with van der Waals surface area (Å²) < 4.78 is 1.95. The van der Waals surface area contributed by atoms with Gasteiger partial charge < -0.3 is 5.73 Å². The summed E-state index contributed by atoms with van der Waals surface area (Å²) in [5.74, 6) is 0. The third-order valence-electron chi connectivity index (χ3n) is 5.15. The summed E-state index contributed by atoms with van der Waals surface area (Å²) in [5.41, 5.74) is 11.6. The summed E-state index contributed by atoms with van der Waals surface area (Å²) in [6.07, 6.45) is 2.93. The number of likely N-dealkylation sites (tertiary alicyclic amines) is 1. The van der Waals surface area contributed by atoms with Crippen LogP contribution in [-0.4, -0.2) is 33.8 Å². The largest absolute Gasteiger partial charge is 0.327 e. The molecule has 24 heavy (non-hydrogen) atoms. The van der Waals surface area contributed by atoms with Gasteiger partial charge in [-0.3, -0.25) is 9.58 Å². The van der Waals surface area contributed by atoms with Crippen molar-refractivity contribution in [2.75, 3.05) is 13.1 Å². The van der Waals surface area contributed by atoms with Gasteiger partial charge in [-0.1, -0.05) is 31.5 Å². The second kappa shape index (κ2) is 7.26. The van der Waals surface area contributed by atoms with E-state index in [1.165, 1.54) is 22.4 Å². The van der Waals surface area contributed by atoms with E-state index in [1.54, 1.807) is 0 Å². The summed E-state index contributed by atoms with van der Waals surface area (Å²) >= 11 is 0. The molecule has 0 bridgehead atoms. The molecule has 1 aliphatic rings. The van der Waals surface area contributed by atoms with Crippen LogP contribution in [-0.2, 0) is 13.6 Å². The van der Waals surface area contributed by atoms with Crippen LogP contribution in [0.1, 0.15) is 31.4 Å². The molecule has 1 aliphatic heterocycles. The molecule has 1 saturated heterocycles. The van der Waals surface area contributed by atoms with E-state index in [-0.39, 0.29) is 17.8 Å². The van der Waals surface area contributed by atoms with Crippen LogP contribution >= 0.6 is 12.4 Å². The van der Waals surface area contributed by atoms with Crippen LogP contribution in [0.5, 0.6) is 0 Å². The van der Waals surface area contributed by atoms with Crippen LogP contribution in [0.25, 0.3) is 11.3 Å². The third-order valence-corrected chi connectivity index (χ3v) is 5.15. The number of aryl methyl sites for hydroxylation is 2. The molecule has 0 aliphatic carbocycles. The van der Waals surface area contributed by atoms with E-state index in [4.69, 9.17) is 5.73 Å². The van der Waals surface area contributed by atoms with Gasteiger partial charge in [0.15, 0.2) is 0 Å². The first-order chi connectivity index (χ1) is 10.9. The van der Waals surface area contributed by atoms with Crippen LogP contribution in [0.2, 0.25) is 0 Å². The molecule has 5 heteroatoms. The molecule has 132 valence electrons. The Balaban J connectivity index is 0.00000208. The van der Waals surface area contributed by atoms with Gasteiger partial charge in [0.25, 0.3) is 0 Å². The number of hydrogen-bond acceptors (Lipinski definition) is 3. The topological polar surface area (TPSA) is 47.1 Å². The van der Waals surface area contributed by atoms with Crippen molar-refractivity contribution < 1.29 is 0 Å². The highest BCUT2D eigenvalue weighted by Crippen LogP contribution is 2.31.